The number of hydrogen-bond donors (Lipinski definition) is 0. The number of piperazine rings is 1. The van der Waals surface area contributed by atoms with Crippen molar-refractivity contribution in [3.63, 3.8) is 0 Å². The SMILES string of the molecule is Cc1ccccc1N1C[C@@H](C)N(Cc2nc(-c3cccs3)oc2C)CC1=O. The Hall–Kier alpha value is -2.44. The second-order valence-electron chi connectivity index (χ2n) is 7.04. The van der Waals surface area contributed by atoms with Gasteiger partial charge in [0.15, 0.2) is 0 Å². The highest BCUT2D eigenvalue weighted by molar-refractivity contribution is 7.13. The molecule has 0 N–H and O–H groups in total. The van der Waals surface area contributed by atoms with Crippen molar-refractivity contribution in [2.75, 3.05) is 18.0 Å². The molecule has 140 valence electrons. The van der Waals surface area contributed by atoms with Gasteiger partial charge in [0.2, 0.25) is 11.8 Å². The van der Waals surface area contributed by atoms with Gasteiger partial charge in [0.05, 0.1) is 17.1 Å². The molecule has 1 aromatic carbocycles. The lowest BCUT2D eigenvalue weighted by Crippen LogP contribution is -2.55. The van der Waals surface area contributed by atoms with Gasteiger partial charge in [-0.05, 0) is 43.8 Å². The molecule has 1 atom stereocenters. The van der Waals surface area contributed by atoms with Crippen molar-refractivity contribution in [3.8, 4) is 10.8 Å². The number of carbonyl (C=O) groups is 1. The Morgan fingerprint density at radius 2 is 2.04 bits per heavy atom. The highest BCUT2D eigenvalue weighted by Gasteiger charge is 2.31. The molecule has 4 rings (SSSR count). The standard InChI is InChI=1S/C21H23N3O2S/c1-14-7-4-5-8-18(14)24-11-15(2)23(13-20(24)25)12-17-16(3)26-21(22-17)19-9-6-10-27-19/h4-10,15H,11-13H2,1-3H3/t15-/m1/s1. The van der Waals surface area contributed by atoms with Gasteiger partial charge < -0.3 is 9.32 Å². The smallest absolute Gasteiger partial charge is 0.241 e. The van der Waals surface area contributed by atoms with E-state index in [0.717, 1.165) is 27.6 Å². The fraction of sp³-hybridized carbons (Fsp3) is 0.333. The van der Waals surface area contributed by atoms with Crippen LogP contribution in [0.5, 0.6) is 0 Å². The molecule has 3 heterocycles. The first-order chi connectivity index (χ1) is 13.0. The van der Waals surface area contributed by atoms with Gasteiger partial charge in [0, 0.05) is 24.8 Å². The van der Waals surface area contributed by atoms with Gasteiger partial charge in [-0.2, -0.15) is 0 Å². The van der Waals surface area contributed by atoms with Crippen LogP contribution in [0.25, 0.3) is 10.8 Å². The minimum Gasteiger partial charge on any atom is -0.440 e. The van der Waals surface area contributed by atoms with Crippen molar-refractivity contribution >= 4 is 22.9 Å². The molecule has 5 nitrogen and oxygen atoms in total. The Labute approximate surface area is 163 Å². The number of carbonyl (C=O) groups excluding carboxylic acids is 1. The lowest BCUT2D eigenvalue weighted by molar-refractivity contribution is -0.122. The van der Waals surface area contributed by atoms with Crippen molar-refractivity contribution in [2.45, 2.75) is 33.4 Å². The molecule has 1 amide bonds. The normalized spacial score (nSPS) is 18.3. The van der Waals surface area contributed by atoms with Crippen molar-refractivity contribution in [3.05, 3.63) is 58.8 Å². The quantitative estimate of drug-likeness (QED) is 0.678. The molecule has 0 aliphatic carbocycles. The molecule has 3 aromatic rings. The number of benzene rings is 1. The van der Waals surface area contributed by atoms with Crippen LogP contribution in [-0.2, 0) is 11.3 Å². The number of aryl methyl sites for hydroxylation is 2. The van der Waals surface area contributed by atoms with Crippen LogP contribution in [0, 0.1) is 13.8 Å². The van der Waals surface area contributed by atoms with E-state index < -0.39 is 0 Å². The number of para-hydroxylation sites is 1. The molecular weight excluding hydrogens is 358 g/mol. The number of oxazole rings is 1. The molecule has 2 aromatic heterocycles. The van der Waals surface area contributed by atoms with Crippen LogP contribution in [-0.4, -0.2) is 34.9 Å². The van der Waals surface area contributed by atoms with Gasteiger partial charge in [-0.3, -0.25) is 9.69 Å². The largest absolute Gasteiger partial charge is 0.440 e. The van der Waals surface area contributed by atoms with E-state index in [2.05, 4.69) is 16.8 Å². The van der Waals surface area contributed by atoms with Crippen LogP contribution >= 0.6 is 11.3 Å². The molecule has 0 saturated carbocycles. The van der Waals surface area contributed by atoms with Gasteiger partial charge >= 0.3 is 0 Å². The number of anilines is 1. The third kappa shape index (κ3) is 3.55. The molecule has 0 unspecified atom stereocenters. The Kier molecular flexibility index (Phi) is 4.85. The minimum absolute atomic E-state index is 0.127. The first-order valence-electron chi connectivity index (χ1n) is 9.13. The van der Waals surface area contributed by atoms with Crippen LogP contribution in [0.1, 0.15) is 23.9 Å². The Morgan fingerprint density at radius 1 is 1.22 bits per heavy atom. The van der Waals surface area contributed by atoms with E-state index in [9.17, 15) is 4.79 Å². The van der Waals surface area contributed by atoms with Gasteiger partial charge in [-0.15, -0.1) is 11.3 Å². The van der Waals surface area contributed by atoms with Crippen LogP contribution in [0.3, 0.4) is 0 Å². The maximum atomic E-state index is 12.8. The van der Waals surface area contributed by atoms with E-state index in [-0.39, 0.29) is 11.9 Å². The zero-order chi connectivity index (χ0) is 19.0. The predicted molar refractivity (Wildman–Crippen MR) is 108 cm³/mol. The summed E-state index contributed by atoms with van der Waals surface area (Å²) >= 11 is 1.61. The van der Waals surface area contributed by atoms with Crippen LogP contribution in [0.4, 0.5) is 5.69 Å². The third-order valence-corrected chi connectivity index (χ3v) is 5.95. The number of rotatable bonds is 4. The van der Waals surface area contributed by atoms with Gasteiger partial charge in [0.25, 0.3) is 0 Å². The molecule has 6 heteroatoms. The highest BCUT2D eigenvalue weighted by atomic mass is 32.1. The van der Waals surface area contributed by atoms with E-state index in [1.165, 1.54) is 0 Å². The second kappa shape index (κ2) is 7.29. The van der Waals surface area contributed by atoms with Crippen LogP contribution in [0.15, 0.2) is 46.2 Å². The van der Waals surface area contributed by atoms with E-state index >= 15 is 0 Å². The number of aromatic nitrogens is 1. The number of thiophene rings is 1. The summed E-state index contributed by atoms with van der Waals surface area (Å²) in [6.45, 7) is 7.83. The maximum absolute atomic E-state index is 12.8. The van der Waals surface area contributed by atoms with Crippen LogP contribution < -0.4 is 4.90 Å². The molecule has 0 radical (unpaired) electrons. The maximum Gasteiger partial charge on any atom is 0.241 e. The van der Waals surface area contributed by atoms with Gasteiger partial charge in [-0.25, -0.2) is 4.98 Å². The summed E-state index contributed by atoms with van der Waals surface area (Å²) in [4.78, 5) is 22.6. The molecule has 1 saturated heterocycles. The molecule has 0 spiro atoms. The summed E-state index contributed by atoms with van der Waals surface area (Å²) in [5, 5.41) is 2.01. The lowest BCUT2D eigenvalue weighted by atomic mass is 10.1. The summed E-state index contributed by atoms with van der Waals surface area (Å²) in [7, 11) is 0. The predicted octanol–water partition coefficient (Wildman–Crippen LogP) is 4.26. The fourth-order valence-corrected chi connectivity index (χ4v) is 4.13. The van der Waals surface area contributed by atoms with Crippen molar-refractivity contribution in [1.82, 2.24) is 9.88 Å². The average molecular weight is 382 g/mol. The Balaban J connectivity index is 1.50. The summed E-state index contributed by atoms with van der Waals surface area (Å²) < 4.78 is 5.85. The van der Waals surface area contributed by atoms with E-state index in [0.29, 0.717) is 25.5 Å². The first-order valence-corrected chi connectivity index (χ1v) is 10.0. The fourth-order valence-electron chi connectivity index (χ4n) is 3.48. The lowest BCUT2D eigenvalue weighted by Gasteiger charge is -2.39. The van der Waals surface area contributed by atoms with Crippen LogP contribution in [0.2, 0.25) is 0 Å². The Morgan fingerprint density at radius 3 is 2.78 bits per heavy atom. The van der Waals surface area contributed by atoms with Crippen molar-refractivity contribution in [1.29, 1.82) is 0 Å². The second-order valence-corrected chi connectivity index (χ2v) is 7.99. The van der Waals surface area contributed by atoms with Crippen molar-refractivity contribution < 1.29 is 9.21 Å². The van der Waals surface area contributed by atoms with E-state index in [4.69, 9.17) is 4.42 Å². The first kappa shape index (κ1) is 17.9. The Bertz CT molecular complexity index is 948. The summed E-state index contributed by atoms with van der Waals surface area (Å²) in [5.74, 6) is 1.61. The molecule has 1 aliphatic rings. The molecule has 27 heavy (non-hydrogen) atoms. The monoisotopic (exact) mass is 381 g/mol. The molecular formula is C21H23N3O2S. The summed E-state index contributed by atoms with van der Waals surface area (Å²) in [6.07, 6.45) is 0. The number of hydrogen-bond acceptors (Lipinski definition) is 5. The van der Waals surface area contributed by atoms with Gasteiger partial charge in [-0.1, -0.05) is 24.3 Å². The van der Waals surface area contributed by atoms with Crippen molar-refractivity contribution in [2.24, 2.45) is 0 Å². The van der Waals surface area contributed by atoms with E-state index in [1.54, 1.807) is 11.3 Å². The topological polar surface area (TPSA) is 49.6 Å². The molecule has 0 bridgehead atoms. The average Bonchev–Trinajstić information content (AvgIpc) is 3.29. The highest BCUT2D eigenvalue weighted by Crippen LogP contribution is 2.28. The number of nitrogens with zero attached hydrogens (tertiary/aromatic N) is 3. The summed E-state index contributed by atoms with van der Waals surface area (Å²) in [5.41, 5.74) is 3.04. The number of amides is 1. The molecule has 1 fully saturated rings. The summed E-state index contributed by atoms with van der Waals surface area (Å²) in [6, 6.07) is 12.3. The molecule has 1 aliphatic heterocycles. The van der Waals surface area contributed by atoms with E-state index in [1.807, 2.05) is 60.5 Å². The zero-order valence-electron chi connectivity index (χ0n) is 15.8. The minimum atomic E-state index is 0.127. The van der Waals surface area contributed by atoms with Gasteiger partial charge in [0.1, 0.15) is 5.76 Å². The zero-order valence-corrected chi connectivity index (χ0v) is 16.6. The third-order valence-electron chi connectivity index (χ3n) is 5.09.